The monoisotopic (exact) mass is 1290 g/mol. The zero-order valence-electron chi connectivity index (χ0n) is 53.6. The number of aliphatic carboxylic acids is 4. The lowest BCUT2D eigenvalue weighted by molar-refractivity contribution is -0.437. The van der Waals surface area contributed by atoms with Crippen molar-refractivity contribution in [2.75, 3.05) is 30.3 Å². The molecule has 0 fully saturated rings. The number of nitrogens with zero attached hydrogens (tertiary/aromatic N) is 2. The molecule has 3 aromatic rings. The van der Waals surface area contributed by atoms with Gasteiger partial charge in [0.1, 0.15) is 35.9 Å². The second kappa shape index (κ2) is 34.4. The maximum Gasteiger partial charge on any atom is 0.326 e. The molecule has 0 bridgehead atoms. The first-order valence-corrected chi connectivity index (χ1v) is 33.7. The van der Waals surface area contributed by atoms with E-state index in [1.54, 1.807) is 6.07 Å². The van der Waals surface area contributed by atoms with Crippen LogP contribution in [0, 0.1) is 5.92 Å². The van der Waals surface area contributed by atoms with E-state index in [2.05, 4.69) is 104 Å². The highest BCUT2D eigenvalue weighted by molar-refractivity contribution is 7.85. The molecule has 0 radical (unpaired) electrons. The molecule has 1 unspecified atom stereocenters. The van der Waals surface area contributed by atoms with Gasteiger partial charge in [-0.15, -0.1) is 0 Å². The van der Waals surface area contributed by atoms with Gasteiger partial charge in [-0.2, -0.15) is 4.58 Å². The fourth-order valence-electron chi connectivity index (χ4n) is 12.4. The van der Waals surface area contributed by atoms with Crippen LogP contribution < -0.4 is 25.6 Å². The first-order chi connectivity index (χ1) is 43.7. The minimum absolute atomic E-state index is 0.00531. The molecule has 3 atom stereocenters. The summed E-state index contributed by atoms with van der Waals surface area (Å²) < 4.78 is 44.4. The summed E-state index contributed by atoms with van der Waals surface area (Å²) in [6.07, 6.45) is 15.8. The molecule has 6 rings (SSSR count). The SMILES string of the molecule is CCN1/C(=C/C=C2\CCCC(/C=C/C3=[N+](CCCS(=O)(=O)[O-])c4ccc(C(=O)CCCCCC(CC(=O)CCCCCCC(=O)NCCCC[C@H](NC(=O)N[C@@H](CCC(=O)O)C(=O)O)C(=O)O)C(=O)O)cc4C3(C)C)=C2Oc2ccccc2)C(C)(C)c2ccccc21. The molecular weight excluding hydrogens is 1200 g/mol. The molecule has 3 aromatic carbocycles. The van der Waals surface area contributed by atoms with Gasteiger partial charge in [0.25, 0.3) is 0 Å². The lowest BCUT2D eigenvalue weighted by Gasteiger charge is -2.26. The molecule has 0 aromatic heterocycles. The number of fused-ring (bicyclic) bond motifs is 2. The van der Waals surface area contributed by atoms with Gasteiger partial charge in [0, 0.05) is 97.4 Å². The average Bonchev–Trinajstić information content (AvgIpc) is 1.60. The van der Waals surface area contributed by atoms with Crippen LogP contribution in [0.4, 0.5) is 16.2 Å². The van der Waals surface area contributed by atoms with Gasteiger partial charge in [0.15, 0.2) is 11.5 Å². The van der Waals surface area contributed by atoms with Crippen molar-refractivity contribution in [2.45, 2.75) is 192 Å². The van der Waals surface area contributed by atoms with Crippen LogP contribution >= 0.6 is 0 Å². The average molecular weight is 1290 g/mol. The molecule has 498 valence electrons. The van der Waals surface area contributed by atoms with Crippen LogP contribution in [-0.4, -0.2) is 129 Å². The topological polar surface area (TPSA) is 326 Å². The highest BCUT2D eigenvalue weighted by Gasteiger charge is 2.45. The highest BCUT2D eigenvalue weighted by Crippen LogP contribution is 2.48. The second-order valence-corrected chi connectivity index (χ2v) is 26.5. The number of anilines is 1. The molecule has 0 saturated carbocycles. The molecule has 3 aliphatic rings. The standard InChI is InChI=1S/C70H91N5O16S/c1-6-74-57-31-18-17-29-53(57)69(2,3)60(74)39-35-47-24-21-25-48(64(47)91-52-27-13-10-14-28-52)36-40-61-70(4,5)54-46-49(34-38-58(54)75(61)43-22-44-92(88,89)90)59(77)32-15-9-11-23-50(65(81)82)45-51(76)26-12-7-8-16-33-62(78)71-42-20-19-30-55(66(83)84)72-68(87)73-56(67(85)86)37-41-63(79)80/h10,13-14,17-18,27-29,31,34-36,38-40,46,50,55-56H,6-9,11-12,15-16,19-26,30,32-33,37,41-45H2,1-5H3,(H7-,71,72,73,78,79,80,81,82,83,84,85,86,87,88,89,90)/t50?,55-,56-/m0/s1. The summed E-state index contributed by atoms with van der Waals surface area (Å²) in [7, 11) is -4.49. The third-order valence-electron chi connectivity index (χ3n) is 17.4. The van der Waals surface area contributed by atoms with Crippen LogP contribution in [0.2, 0.25) is 0 Å². The molecule has 2 aliphatic heterocycles. The number of ether oxygens (including phenoxy) is 1. The van der Waals surface area contributed by atoms with Crippen LogP contribution in [0.25, 0.3) is 0 Å². The number of rotatable bonds is 39. The Kier molecular flexibility index (Phi) is 27.3. The van der Waals surface area contributed by atoms with Gasteiger partial charge >= 0.3 is 29.9 Å². The molecule has 3 amide bonds. The number of carboxylic acid groups (broad SMARTS) is 4. The minimum atomic E-state index is -4.49. The predicted molar refractivity (Wildman–Crippen MR) is 348 cm³/mol. The largest absolute Gasteiger partial charge is 0.748 e. The number of amides is 3. The first-order valence-electron chi connectivity index (χ1n) is 32.2. The number of hydrogen-bond acceptors (Lipinski definition) is 13. The molecule has 2 heterocycles. The van der Waals surface area contributed by atoms with E-state index in [1.807, 2.05) is 47.0 Å². The first kappa shape index (κ1) is 72.8. The van der Waals surface area contributed by atoms with E-state index in [0.717, 1.165) is 59.7 Å². The van der Waals surface area contributed by atoms with E-state index >= 15 is 0 Å². The van der Waals surface area contributed by atoms with Crippen LogP contribution in [-0.2, 0) is 49.7 Å². The Labute approximate surface area is 539 Å². The van der Waals surface area contributed by atoms with Gasteiger partial charge in [-0.3, -0.25) is 24.0 Å². The Morgan fingerprint density at radius 1 is 0.685 bits per heavy atom. The number of allylic oxidation sites excluding steroid dienone is 7. The van der Waals surface area contributed by atoms with Crippen molar-refractivity contribution in [1.29, 1.82) is 0 Å². The molecule has 7 N–H and O–H groups in total. The third-order valence-corrected chi connectivity index (χ3v) is 18.2. The number of hydrogen-bond donors (Lipinski definition) is 7. The van der Waals surface area contributed by atoms with E-state index in [4.69, 9.17) is 9.84 Å². The number of nitrogens with one attached hydrogen (secondary N) is 3. The minimum Gasteiger partial charge on any atom is -0.748 e. The normalized spacial score (nSPS) is 16.9. The predicted octanol–water partition coefficient (Wildman–Crippen LogP) is 11.2. The summed E-state index contributed by atoms with van der Waals surface area (Å²) in [6.45, 7) is 12.1. The summed E-state index contributed by atoms with van der Waals surface area (Å²) >= 11 is 0. The molecule has 22 heteroatoms. The quantitative estimate of drug-likeness (QED) is 0.0121. The maximum absolute atomic E-state index is 13.9. The Bertz CT molecular complexity index is 3440. The Balaban J connectivity index is 0.975. The van der Waals surface area contributed by atoms with Crippen molar-refractivity contribution >= 4 is 74.6 Å². The Morgan fingerprint density at radius 2 is 1.34 bits per heavy atom. The molecule has 0 spiro atoms. The van der Waals surface area contributed by atoms with Gasteiger partial charge in [-0.25, -0.2) is 22.8 Å². The second-order valence-electron chi connectivity index (χ2n) is 25.0. The maximum atomic E-state index is 13.9. The summed E-state index contributed by atoms with van der Waals surface area (Å²) in [6, 6.07) is 19.9. The number of carbonyl (C=O) groups excluding carboxylic acids is 4. The van der Waals surface area contributed by atoms with Crippen molar-refractivity contribution in [3.8, 4) is 5.75 Å². The highest BCUT2D eigenvalue weighted by atomic mass is 32.2. The molecule has 92 heavy (non-hydrogen) atoms. The Hall–Kier alpha value is -8.24. The summed E-state index contributed by atoms with van der Waals surface area (Å²) in [5.74, 6) is -5.46. The molecule has 21 nitrogen and oxygen atoms in total. The van der Waals surface area contributed by atoms with Gasteiger partial charge in [0.2, 0.25) is 11.6 Å². The molecular formula is C70H91N5O16S. The summed E-state index contributed by atoms with van der Waals surface area (Å²) in [4.78, 5) is 99.8. The third kappa shape index (κ3) is 21.2. The number of para-hydroxylation sites is 2. The number of benzene rings is 3. The van der Waals surface area contributed by atoms with Crippen LogP contribution in [0.15, 0.2) is 120 Å². The lowest BCUT2D eigenvalue weighted by atomic mass is 9.80. The van der Waals surface area contributed by atoms with Crippen LogP contribution in [0.3, 0.4) is 0 Å². The zero-order chi connectivity index (χ0) is 67.2. The fourth-order valence-corrected chi connectivity index (χ4v) is 12.8. The van der Waals surface area contributed by atoms with E-state index < -0.39 is 75.6 Å². The van der Waals surface area contributed by atoms with E-state index in [0.29, 0.717) is 69.1 Å². The summed E-state index contributed by atoms with van der Waals surface area (Å²) in [5.41, 5.74) is 7.95. The summed E-state index contributed by atoms with van der Waals surface area (Å²) in [5, 5.41) is 44.5. The van der Waals surface area contributed by atoms with Gasteiger partial charge in [-0.1, -0.05) is 82.0 Å². The van der Waals surface area contributed by atoms with E-state index in [9.17, 15) is 66.6 Å². The molecule has 0 saturated heterocycles. The van der Waals surface area contributed by atoms with E-state index in [1.165, 1.54) is 16.9 Å². The number of unbranched alkanes of at least 4 members (excludes halogenated alkanes) is 6. The van der Waals surface area contributed by atoms with Crippen molar-refractivity contribution in [2.24, 2.45) is 5.92 Å². The van der Waals surface area contributed by atoms with Crippen molar-refractivity contribution in [3.63, 3.8) is 0 Å². The zero-order valence-corrected chi connectivity index (χ0v) is 54.5. The van der Waals surface area contributed by atoms with E-state index in [-0.39, 0.29) is 87.3 Å². The fraction of sp³-hybridized carbons (Fsp3) is 0.500. The number of carbonyl (C=O) groups is 8. The number of ketones is 2. The number of carboxylic acids is 4. The van der Waals surface area contributed by atoms with Crippen LogP contribution in [0.1, 0.15) is 191 Å². The Morgan fingerprint density at radius 3 is 2.01 bits per heavy atom. The van der Waals surface area contributed by atoms with Gasteiger partial charge in [-0.05, 0) is 151 Å². The number of likely N-dealkylation sites (N-methyl/N-ethyl adjacent to an activating group) is 1. The van der Waals surface area contributed by atoms with Crippen molar-refractivity contribution in [3.05, 3.63) is 136 Å². The van der Waals surface area contributed by atoms with Crippen molar-refractivity contribution in [1.82, 2.24) is 16.0 Å². The van der Waals surface area contributed by atoms with Crippen molar-refractivity contribution < 1.29 is 81.1 Å². The smallest absolute Gasteiger partial charge is 0.326 e. The van der Waals surface area contributed by atoms with Crippen LogP contribution in [0.5, 0.6) is 5.75 Å². The van der Waals surface area contributed by atoms with Gasteiger partial charge < -0.3 is 50.6 Å². The lowest BCUT2D eigenvalue weighted by Crippen LogP contribution is -2.51. The molecule has 1 aliphatic carbocycles. The number of Topliss-reactive ketones (excluding diaryl/α,β-unsaturated/α-hetero) is 2. The van der Waals surface area contributed by atoms with Gasteiger partial charge in [0.05, 0.1) is 21.5 Å². The number of urea groups is 1.